The maximum absolute atomic E-state index is 12.6. The van der Waals surface area contributed by atoms with E-state index in [0.717, 1.165) is 42.4 Å². The molecule has 1 saturated heterocycles. The maximum atomic E-state index is 12.6. The summed E-state index contributed by atoms with van der Waals surface area (Å²) in [6, 6.07) is 8.66. The molecule has 0 spiro atoms. The molecule has 25 heavy (non-hydrogen) atoms. The number of aryl methyl sites for hydroxylation is 1. The second-order valence-corrected chi connectivity index (χ2v) is 7.61. The number of hydrogen-bond donors (Lipinski definition) is 0. The van der Waals surface area contributed by atoms with Crippen molar-refractivity contribution in [3.8, 4) is 11.4 Å². The smallest absolute Gasteiger partial charge is 0.233 e. The lowest BCUT2D eigenvalue weighted by molar-refractivity contribution is -0.132. The first-order chi connectivity index (χ1) is 12.1. The highest BCUT2D eigenvalue weighted by Crippen LogP contribution is 2.25. The van der Waals surface area contributed by atoms with E-state index in [9.17, 15) is 4.79 Å². The number of piperidine rings is 1. The molecule has 1 aromatic carbocycles. The van der Waals surface area contributed by atoms with Crippen LogP contribution in [0.25, 0.3) is 11.4 Å². The van der Waals surface area contributed by atoms with Gasteiger partial charge in [-0.2, -0.15) is 0 Å². The predicted molar refractivity (Wildman–Crippen MR) is 102 cm³/mol. The number of amides is 1. The largest absolute Gasteiger partial charge is 0.339 e. The van der Waals surface area contributed by atoms with Crippen molar-refractivity contribution in [2.45, 2.75) is 50.7 Å². The standard InChI is InChI=1S/C19H26N4OS/c1-4-16-7-5-6-12-23(16)17(24)13-25-19-21-20-18(22(19)3)15-10-8-14(2)9-11-15/h8-11,16H,4-7,12-13H2,1-3H3. The third-order valence-corrected chi connectivity index (χ3v) is 5.89. The lowest BCUT2D eigenvalue weighted by atomic mass is 10.0. The summed E-state index contributed by atoms with van der Waals surface area (Å²) in [7, 11) is 1.96. The average molecular weight is 359 g/mol. The first kappa shape index (κ1) is 18.0. The van der Waals surface area contributed by atoms with Crippen LogP contribution < -0.4 is 0 Å². The Balaban J connectivity index is 1.65. The molecule has 1 aliphatic rings. The molecule has 0 saturated carbocycles. The van der Waals surface area contributed by atoms with Crippen molar-refractivity contribution in [1.82, 2.24) is 19.7 Å². The van der Waals surface area contributed by atoms with Gasteiger partial charge in [-0.15, -0.1) is 10.2 Å². The van der Waals surface area contributed by atoms with Crippen LogP contribution in [0.1, 0.15) is 38.2 Å². The number of thioether (sulfide) groups is 1. The van der Waals surface area contributed by atoms with Crippen molar-refractivity contribution >= 4 is 17.7 Å². The van der Waals surface area contributed by atoms with Crippen LogP contribution in [0.5, 0.6) is 0 Å². The number of nitrogens with zero attached hydrogens (tertiary/aromatic N) is 4. The topological polar surface area (TPSA) is 51.0 Å². The van der Waals surface area contributed by atoms with Crippen molar-refractivity contribution in [1.29, 1.82) is 0 Å². The summed E-state index contributed by atoms with van der Waals surface area (Å²) < 4.78 is 1.97. The van der Waals surface area contributed by atoms with Crippen LogP contribution in [0, 0.1) is 6.92 Å². The molecule has 0 N–H and O–H groups in total. The molecule has 0 bridgehead atoms. The Morgan fingerprint density at radius 3 is 2.72 bits per heavy atom. The summed E-state index contributed by atoms with van der Waals surface area (Å²) in [5.74, 6) is 1.48. The van der Waals surface area contributed by atoms with E-state index in [2.05, 4.69) is 53.2 Å². The molecule has 134 valence electrons. The van der Waals surface area contributed by atoms with Crippen molar-refractivity contribution < 1.29 is 4.79 Å². The third-order valence-electron chi connectivity index (χ3n) is 4.89. The molecule has 0 radical (unpaired) electrons. The Labute approximate surface area is 153 Å². The van der Waals surface area contributed by atoms with Gasteiger partial charge in [0.05, 0.1) is 5.75 Å². The van der Waals surface area contributed by atoms with Crippen LogP contribution in [0.3, 0.4) is 0 Å². The molecule has 3 rings (SSSR count). The van der Waals surface area contributed by atoms with E-state index in [4.69, 9.17) is 0 Å². The molecule has 0 aliphatic carbocycles. The summed E-state index contributed by atoms with van der Waals surface area (Å²) in [5, 5.41) is 9.37. The molecular formula is C19H26N4OS. The lowest BCUT2D eigenvalue weighted by Gasteiger charge is -2.35. The van der Waals surface area contributed by atoms with E-state index in [-0.39, 0.29) is 5.91 Å². The quantitative estimate of drug-likeness (QED) is 0.765. The Kier molecular flexibility index (Phi) is 5.78. The number of carbonyl (C=O) groups excluding carboxylic acids is 1. The molecule has 6 heteroatoms. The zero-order valence-electron chi connectivity index (χ0n) is 15.2. The fourth-order valence-corrected chi connectivity index (χ4v) is 4.15. The Hall–Kier alpha value is -1.82. The second-order valence-electron chi connectivity index (χ2n) is 6.66. The van der Waals surface area contributed by atoms with Crippen LogP contribution in [-0.2, 0) is 11.8 Å². The number of aromatic nitrogens is 3. The Bertz CT molecular complexity index is 726. The van der Waals surface area contributed by atoms with Crippen LogP contribution in [0.4, 0.5) is 0 Å². The Morgan fingerprint density at radius 1 is 1.24 bits per heavy atom. The number of carbonyl (C=O) groups is 1. The molecule has 2 heterocycles. The van der Waals surface area contributed by atoms with Gasteiger partial charge in [-0.25, -0.2) is 0 Å². The lowest BCUT2D eigenvalue weighted by Crippen LogP contribution is -2.44. The van der Waals surface area contributed by atoms with Gasteiger partial charge in [0, 0.05) is 25.2 Å². The highest BCUT2D eigenvalue weighted by Gasteiger charge is 2.25. The molecule has 1 aliphatic heterocycles. The van der Waals surface area contributed by atoms with E-state index in [1.807, 2.05) is 11.6 Å². The SMILES string of the molecule is CCC1CCCCN1C(=O)CSc1nnc(-c2ccc(C)cc2)n1C. The average Bonchev–Trinajstić information content (AvgIpc) is 3.01. The van der Waals surface area contributed by atoms with Gasteiger partial charge in [0.25, 0.3) is 0 Å². The molecule has 5 nitrogen and oxygen atoms in total. The van der Waals surface area contributed by atoms with E-state index in [0.29, 0.717) is 11.8 Å². The number of benzene rings is 1. The van der Waals surface area contributed by atoms with Gasteiger partial charge >= 0.3 is 0 Å². The van der Waals surface area contributed by atoms with Gasteiger partial charge in [0.1, 0.15) is 0 Å². The van der Waals surface area contributed by atoms with Crippen LogP contribution in [0.2, 0.25) is 0 Å². The Morgan fingerprint density at radius 2 is 2.00 bits per heavy atom. The summed E-state index contributed by atoms with van der Waals surface area (Å²) >= 11 is 1.48. The fourth-order valence-electron chi connectivity index (χ4n) is 3.36. The fraction of sp³-hybridized carbons (Fsp3) is 0.526. The summed E-state index contributed by atoms with van der Waals surface area (Å²) in [4.78, 5) is 14.7. The minimum atomic E-state index is 0.219. The van der Waals surface area contributed by atoms with Gasteiger partial charge in [-0.3, -0.25) is 4.79 Å². The highest BCUT2D eigenvalue weighted by atomic mass is 32.2. The number of hydrogen-bond acceptors (Lipinski definition) is 4. The van der Waals surface area contributed by atoms with Crippen molar-refractivity contribution in [3.63, 3.8) is 0 Å². The first-order valence-corrected chi connectivity index (χ1v) is 9.97. The second kappa shape index (κ2) is 8.04. The number of likely N-dealkylation sites (tertiary alicyclic amines) is 1. The van der Waals surface area contributed by atoms with Crippen LogP contribution in [-0.4, -0.2) is 43.9 Å². The molecule has 2 aromatic rings. The molecule has 1 amide bonds. The van der Waals surface area contributed by atoms with E-state index < -0.39 is 0 Å². The zero-order chi connectivity index (χ0) is 17.8. The molecular weight excluding hydrogens is 332 g/mol. The van der Waals surface area contributed by atoms with Crippen molar-refractivity contribution in [3.05, 3.63) is 29.8 Å². The minimum absolute atomic E-state index is 0.219. The van der Waals surface area contributed by atoms with Gasteiger partial charge < -0.3 is 9.47 Å². The van der Waals surface area contributed by atoms with Crippen LogP contribution in [0.15, 0.2) is 29.4 Å². The normalized spacial score (nSPS) is 17.7. The predicted octanol–water partition coefficient (Wildman–Crippen LogP) is 3.67. The number of rotatable bonds is 5. The highest BCUT2D eigenvalue weighted by molar-refractivity contribution is 7.99. The molecule has 1 aromatic heterocycles. The monoisotopic (exact) mass is 358 g/mol. The van der Waals surface area contributed by atoms with Crippen molar-refractivity contribution in [2.75, 3.05) is 12.3 Å². The summed E-state index contributed by atoms with van der Waals surface area (Å²) in [6.07, 6.45) is 4.53. The van der Waals surface area contributed by atoms with E-state index >= 15 is 0 Å². The summed E-state index contributed by atoms with van der Waals surface area (Å²) in [5.41, 5.74) is 2.26. The third kappa shape index (κ3) is 4.06. The molecule has 1 atom stereocenters. The van der Waals surface area contributed by atoms with Crippen molar-refractivity contribution in [2.24, 2.45) is 7.05 Å². The zero-order valence-corrected chi connectivity index (χ0v) is 16.1. The molecule has 1 unspecified atom stereocenters. The van der Waals surface area contributed by atoms with E-state index in [1.54, 1.807) is 0 Å². The van der Waals surface area contributed by atoms with E-state index in [1.165, 1.54) is 23.7 Å². The van der Waals surface area contributed by atoms with Gasteiger partial charge in [-0.1, -0.05) is 48.5 Å². The minimum Gasteiger partial charge on any atom is -0.339 e. The van der Waals surface area contributed by atoms with Gasteiger partial charge in [0.2, 0.25) is 5.91 Å². The van der Waals surface area contributed by atoms with Crippen LogP contribution >= 0.6 is 11.8 Å². The van der Waals surface area contributed by atoms with Gasteiger partial charge in [-0.05, 0) is 32.6 Å². The first-order valence-electron chi connectivity index (χ1n) is 8.99. The maximum Gasteiger partial charge on any atom is 0.233 e. The molecule has 1 fully saturated rings. The summed E-state index contributed by atoms with van der Waals surface area (Å²) in [6.45, 7) is 5.13. The van der Waals surface area contributed by atoms with Gasteiger partial charge in [0.15, 0.2) is 11.0 Å².